The highest BCUT2D eigenvalue weighted by Crippen LogP contribution is 2.38. The number of rotatable bonds is 5. The average molecular weight is 344 g/mol. The molecule has 2 aromatic carbocycles. The molecule has 5 rings (SSSR count). The molecular weight excluding hydrogens is 320 g/mol. The minimum Gasteiger partial charge on any atom is -0.366 e. The molecule has 1 aliphatic carbocycles. The summed E-state index contributed by atoms with van der Waals surface area (Å²) in [5, 5.41) is 6.32. The van der Waals surface area contributed by atoms with Gasteiger partial charge in [0.2, 0.25) is 0 Å². The van der Waals surface area contributed by atoms with E-state index in [0.717, 1.165) is 37.7 Å². The molecule has 1 atom stereocenters. The summed E-state index contributed by atoms with van der Waals surface area (Å²) < 4.78 is 0. The summed E-state index contributed by atoms with van der Waals surface area (Å²) in [7, 11) is 0. The fourth-order valence-corrected chi connectivity index (χ4v) is 3.97. The minimum absolute atomic E-state index is 0.465. The van der Waals surface area contributed by atoms with Gasteiger partial charge in [-0.25, -0.2) is 9.97 Å². The third kappa shape index (κ3) is 3.29. The minimum atomic E-state index is 0.465. The second kappa shape index (κ2) is 6.69. The molecule has 1 N–H and O–H groups in total. The van der Waals surface area contributed by atoms with Gasteiger partial charge in [-0.1, -0.05) is 42.5 Å². The van der Waals surface area contributed by atoms with Gasteiger partial charge in [-0.05, 0) is 41.7 Å². The number of nitrogens with zero attached hydrogens (tertiary/aromatic N) is 3. The maximum atomic E-state index is 4.71. The zero-order valence-corrected chi connectivity index (χ0v) is 14.9. The Morgan fingerprint density at radius 2 is 1.88 bits per heavy atom. The van der Waals surface area contributed by atoms with Crippen LogP contribution in [0.2, 0.25) is 0 Å². The van der Waals surface area contributed by atoms with Gasteiger partial charge in [-0.2, -0.15) is 0 Å². The molecule has 0 radical (unpaired) electrons. The van der Waals surface area contributed by atoms with Crippen molar-refractivity contribution < 1.29 is 0 Å². The predicted octanol–water partition coefficient (Wildman–Crippen LogP) is 4.19. The molecule has 0 bridgehead atoms. The first-order valence-electron chi connectivity index (χ1n) is 9.63. The molecule has 0 amide bonds. The van der Waals surface area contributed by atoms with E-state index in [0.29, 0.717) is 12.0 Å². The molecule has 132 valence electrons. The van der Waals surface area contributed by atoms with Crippen molar-refractivity contribution in [2.24, 2.45) is 0 Å². The van der Waals surface area contributed by atoms with Crippen LogP contribution >= 0.6 is 0 Å². The largest absolute Gasteiger partial charge is 0.366 e. The third-order valence-electron chi connectivity index (χ3n) is 5.51. The Kier molecular flexibility index (Phi) is 4.06. The lowest BCUT2D eigenvalue weighted by atomic mass is 10.0. The highest BCUT2D eigenvalue weighted by Gasteiger charge is 2.27. The zero-order chi connectivity index (χ0) is 17.3. The number of hydrogen-bond donors (Lipinski definition) is 1. The SMILES string of the molecule is c1ccc2c(CN3CCC(Nc4ccnc(C5CC5)n4)C3)cccc2c1. The monoisotopic (exact) mass is 344 g/mol. The Labute approximate surface area is 154 Å². The summed E-state index contributed by atoms with van der Waals surface area (Å²) in [6, 6.07) is 17.8. The molecule has 4 heteroatoms. The molecule has 1 saturated heterocycles. The van der Waals surface area contributed by atoms with Crippen LogP contribution in [-0.2, 0) is 6.54 Å². The summed E-state index contributed by atoms with van der Waals surface area (Å²) in [4.78, 5) is 11.7. The van der Waals surface area contributed by atoms with Crippen molar-refractivity contribution in [2.45, 2.75) is 37.8 Å². The lowest BCUT2D eigenvalue weighted by molar-refractivity contribution is 0.330. The Morgan fingerprint density at radius 1 is 1.00 bits per heavy atom. The van der Waals surface area contributed by atoms with E-state index in [4.69, 9.17) is 4.98 Å². The Morgan fingerprint density at radius 3 is 2.81 bits per heavy atom. The molecule has 26 heavy (non-hydrogen) atoms. The molecule has 1 saturated carbocycles. The van der Waals surface area contributed by atoms with Crippen molar-refractivity contribution in [2.75, 3.05) is 18.4 Å². The van der Waals surface area contributed by atoms with Gasteiger partial charge in [-0.15, -0.1) is 0 Å². The van der Waals surface area contributed by atoms with Crippen LogP contribution in [0.5, 0.6) is 0 Å². The van der Waals surface area contributed by atoms with Crippen LogP contribution in [-0.4, -0.2) is 34.0 Å². The second-order valence-electron chi connectivity index (χ2n) is 7.58. The highest BCUT2D eigenvalue weighted by atomic mass is 15.2. The van der Waals surface area contributed by atoms with Gasteiger partial charge in [0.05, 0.1) is 0 Å². The van der Waals surface area contributed by atoms with Crippen molar-refractivity contribution in [3.05, 3.63) is 66.1 Å². The Hall–Kier alpha value is -2.46. The van der Waals surface area contributed by atoms with Crippen LogP contribution in [0.3, 0.4) is 0 Å². The number of nitrogens with one attached hydrogen (secondary N) is 1. The molecule has 1 unspecified atom stereocenters. The zero-order valence-electron chi connectivity index (χ0n) is 14.9. The van der Waals surface area contributed by atoms with Gasteiger partial charge in [0.25, 0.3) is 0 Å². The average Bonchev–Trinajstić information content (AvgIpc) is 3.44. The van der Waals surface area contributed by atoms with Gasteiger partial charge < -0.3 is 5.32 Å². The Balaban J connectivity index is 1.25. The number of benzene rings is 2. The summed E-state index contributed by atoms with van der Waals surface area (Å²) in [5.74, 6) is 2.60. The molecule has 2 aliphatic rings. The number of anilines is 1. The van der Waals surface area contributed by atoms with Gasteiger partial charge in [0.15, 0.2) is 0 Å². The van der Waals surface area contributed by atoms with Gasteiger partial charge in [0.1, 0.15) is 11.6 Å². The molecule has 1 aromatic heterocycles. The molecule has 2 heterocycles. The van der Waals surface area contributed by atoms with E-state index in [1.807, 2.05) is 12.3 Å². The van der Waals surface area contributed by atoms with E-state index < -0.39 is 0 Å². The third-order valence-corrected chi connectivity index (χ3v) is 5.51. The first-order chi connectivity index (χ1) is 12.8. The summed E-state index contributed by atoms with van der Waals surface area (Å²) in [6.07, 6.45) is 5.54. The fourth-order valence-electron chi connectivity index (χ4n) is 3.97. The number of aromatic nitrogens is 2. The number of fused-ring (bicyclic) bond motifs is 1. The van der Waals surface area contributed by atoms with Crippen molar-refractivity contribution in [1.29, 1.82) is 0 Å². The van der Waals surface area contributed by atoms with E-state index in [1.165, 1.54) is 29.2 Å². The fraction of sp³-hybridized carbons (Fsp3) is 0.364. The van der Waals surface area contributed by atoms with Crippen molar-refractivity contribution in [1.82, 2.24) is 14.9 Å². The molecule has 2 fully saturated rings. The normalized spacial score (nSPS) is 20.5. The van der Waals surface area contributed by atoms with Crippen LogP contribution in [0.1, 0.15) is 36.6 Å². The number of likely N-dealkylation sites (tertiary alicyclic amines) is 1. The molecule has 4 nitrogen and oxygen atoms in total. The predicted molar refractivity (Wildman–Crippen MR) is 105 cm³/mol. The van der Waals surface area contributed by atoms with Crippen LogP contribution in [0.4, 0.5) is 5.82 Å². The first kappa shape index (κ1) is 15.8. The van der Waals surface area contributed by atoms with Gasteiger partial charge >= 0.3 is 0 Å². The van der Waals surface area contributed by atoms with E-state index in [-0.39, 0.29) is 0 Å². The summed E-state index contributed by atoms with van der Waals surface area (Å²) in [5.41, 5.74) is 1.42. The Bertz CT molecular complexity index is 913. The van der Waals surface area contributed by atoms with Gasteiger partial charge in [-0.3, -0.25) is 4.90 Å². The van der Waals surface area contributed by atoms with Gasteiger partial charge in [0, 0.05) is 37.8 Å². The highest BCUT2D eigenvalue weighted by molar-refractivity contribution is 5.85. The smallest absolute Gasteiger partial charge is 0.133 e. The van der Waals surface area contributed by atoms with Crippen LogP contribution in [0.15, 0.2) is 54.7 Å². The molecule has 0 spiro atoms. The lowest BCUT2D eigenvalue weighted by Gasteiger charge is -2.18. The summed E-state index contributed by atoms with van der Waals surface area (Å²) in [6.45, 7) is 3.20. The van der Waals surface area contributed by atoms with Crippen molar-refractivity contribution in [3.63, 3.8) is 0 Å². The molecule has 3 aromatic rings. The van der Waals surface area contributed by atoms with E-state index in [1.54, 1.807) is 0 Å². The van der Waals surface area contributed by atoms with Crippen molar-refractivity contribution >= 4 is 16.6 Å². The topological polar surface area (TPSA) is 41.0 Å². The van der Waals surface area contributed by atoms with Crippen LogP contribution in [0, 0.1) is 0 Å². The molecular formula is C22H24N4. The maximum Gasteiger partial charge on any atom is 0.133 e. The first-order valence-corrected chi connectivity index (χ1v) is 9.63. The molecule has 1 aliphatic heterocycles. The quantitative estimate of drug-likeness (QED) is 0.753. The number of hydrogen-bond acceptors (Lipinski definition) is 4. The van der Waals surface area contributed by atoms with E-state index >= 15 is 0 Å². The van der Waals surface area contributed by atoms with E-state index in [9.17, 15) is 0 Å². The van der Waals surface area contributed by atoms with Crippen LogP contribution in [0.25, 0.3) is 10.8 Å². The van der Waals surface area contributed by atoms with Crippen LogP contribution < -0.4 is 5.32 Å². The van der Waals surface area contributed by atoms with Crippen molar-refractivity contribution in [3.8, 4) is 0 Å². The summed E-state index contributed by atoms with van der Waals surface area (Å²) >= 11 is 0. The van der Waals surface area contributed by atoms with E-state index in [2.05, 4.69) is 57.7 Å². The lowest BCUT2D eigenvalue weighted by Crippen LogP contribution is -2.26. The maximum absolute atomic E-state index is 4.71. The second-order valence-corrected chi connectivity index (χ2v) is 7.58. The standard InChI is InChI=1S/C22H24N4/c1-2-7-20-16(4-1)5-3-6-18(20)14-26-13-11-19(15-26)24-21-10-12-23-22(25-21)17-8-9-17/h1-7,10,12,17,19H,8-9,11,13-15H2,(H,23,24,25).